The molecule has 0 fully saturated rings. The molecular formula is C36H34Cl2N6O4. The highest BCUT2D eigenvalue weighted by atomic mass is 35.5. The van der Waals surface area contributed by atoms with Crippen molar-refractivity contribution in [1.82, 2.24) is 0 Å². The van der Waals surface area contributed by atoms with E-state index in [1.54, 1.807) is 48.5 Å². The molecule has 10 nitrogen and oxygen atoms in total. The number of anilines is 4. The number of benzene rings is 4. The normalized spacial score (nSPS) is 11.5. The first-order valence-corrected chi connectivity index (χ1v) is 15.5. The Morgan fingerprint density at radius 1 is 0.521 bits per heavy atom. The molecule has 0 bridgehead atoms. The fourth-order valence-corrected chi connectivity index (χ4v) is 5.10. The lowest BCUT2D eigenvalue weighted by molar-refractivity contribution is -0.116. The summed E-state index contributed by atoms with van der Waals surface area (Å²) in [4.78, 5) is 50.2. The van der Waals surface area contributed by atoms with E-state index in [1.807, 2.05) is 52.0 Å². The first-order chi connectivity index (χ1) is 22.7. The summed E-state index contributed by atoms with van der Waals surface area (Å²) >= 11 is 13.1. The molecule has 4 aromatic carbocycles. The van der Waals surface area contributed by atoms with Gasteiger partial charge in [0.2, 0.25) is 0 Å². The van der Waals surface area contributed by atoms with Gasteiger partial charge in [0.05, 0.1) is 21.4 Å². The van der Waals surface area contributed by atoms with Gasteiger partial charge in [-0.15, -0.1) is 0 Å². The fourth-order valence-electron chi connectivity index (χ4n) is 4.65. The van der Waals surface area contributed by atoms with Gasteiger partial charge in [-0.2, -0.15) is 10.2 Å². The van der Waals surface area contributed by atoms with Crippen molar-refractivity contribution in [3.05, 3.63) is 105 Å². The number of Topliss-reactive ketones (excluding diaryl/α,β-unsaturated/α-hetero) is 2. The van der Waals surface area contributed by atoms with Crippen LogP contribution in [0.5, 0.6) is 0 Å². The molecule has 4 N–H and O–H groups in total. The highest BCUT2D eigenvalue weighted by Crippen LogP contribution is 2.33. The molecular weight excluding hydrogens is 651 g/mol. The molecule has 246 valence electrons. The van der Waals surface area contributed by atoms with Crippen molar-refractivity contribution >= 4 is 80.8 Å². The van der Waals surface area contributed by atoms with Gasteiger partial charge in [0.25, 0.3) is 11.8 Å². The number of hydrogen-bond acceptors (Lipinski definition) is 8. The third-order valence-electron chi connectivity index (χ3n) is 7.21. The van der Waals surface area contributed by atoms with Crippen LogP contribution in [0, 0.1) is 27.7 Å². The van der Waals surface area contributed by atoms with Crippen molar-refractivity contribution in [3.8, 4) is 11.1 Å². The highest BCUT2D eigenvalue weighted by Gasteiger charge is 2.20. The van der Waals surface area contributed by atoms with Crippen LogP contribution >= 0.6 is 23.2 Å². The predicted octanol–water partition coefficient (Wildman–Crippen LogP) is 7.89. The Kier molecular flexibility index (Phi) is 11.5. The number of carbonyl (C=O) groups excluding carboxylic acids is 4. The second kappa shape index (κ2) is 15.5. The summed E-state index contributed by atoms with van der Waals surface area (Å²) in [6.45, 7) is 10.1. The molecule has 0 saturated carbocycles. The Morgan fingerprint density at radius 3 is 1.19 bits per heavy atom. The highest BCUT2D eigenvalue weighted by molar-refractivity contribution is 6.67. The standard InChI is InChI=1S/C36H34Cl2N6O4/c1-19-7-11-29(21(3)15-19)39-35(47)33(23(5)45)43-41-31-13-9-25(17-27(31)37)26-10-14-32(28(38)18-26)42-44-34(24(6)46)36(48)40-30-12-8-20(2)16-22(30)4/h7-18,41-42H,1-6H3,(H,39,47)(H,40,48). The zero-order valence-electron chi connectivity index (χ0n) is 27.2. The van der Waals surface area contributed by atoms with Gasteiger partial charge in [0.1, 0.15) is 0 Å². The van der Waals surface area contributed by atoms with Crippen LogP contribution in [0.15, 0.2) is 83.0 Å². The van der Waals surface area contributed by atoms with Crippen LogP contribution in [0.4, 0.5) is 22.7 Å². The number of carbonyl (C=O) groups is 4. The number of nitrogens with one attached hydrogen (secondary N) is 4. The van der Waals surface area contributed by atoms with E-state index in [1.165, 1.54) is 13.8 Å². The summed E-state index contributed by atoms with van der Waals surface area (Å²) in [6.07, 6.45) is 0. The first-order valence-electron chi connectivity index (χ1n) is 14.8. The van der Waals surface area contributed by atoms with Gasteiger partial charge in [-0.1, -0.05) is 70.7 Å². The molecule has 4 aromatic rings. The van der Waals surface area contributed by atoms with Gasteiger partial charge in [-0.3, -0.25) is 30.0 Å². The van der Waals surface area contributed by atoms with E-state index < -0.39 is 23.4 Å². The Labute approximate surface area is 288 Å². The number of ketones is 2. The quantitative estimate of drug-likeness (QED) is 0.0719. The molecule has 0 unspecified atom stereocenters. The number of hydrazone groups is 2. The second-order valence-electron chi connectivity index (χ2n) is 11.2. The Balaban J connectivity index is 1.47. The first kappa shape index (κ1) is 35.5. The number of hydrogen-bond donors (Lipinski definition) is 4. The topological polar surface area (TPSA) is 141 Å². The zero-order valence-corrected chi connectivity index (χ0v) is 28.7. The predicted molar refractivity (Wildman–Crippen MR) is 194 cm³/mol. The molecule has 0 atom stereocenters. The monoisotopic (exact) mass is 684 g/mol. The maximum absolute atomic E-state index is 12.8. The molecule has 2 amide bonds. The van der Waals surface area contributed by atoms with E-state index in [0.29, 0.717) is 33.9 Å². The van der Waals surface area contributed by atoms with Gasteiger partial charge in [-0.25, -0.2) is 0 Å². The Bertz CT molecular complexity index is 1860. The summed E-state index contributed by atoms with van der Waals surface area (Å²) in [5, 5.41) is 14.1. The maximum atomic E-state index is 12.8. The minimum absolute atomic E-state index is 0.276. The van der Waals surface area contributed by atoms with E-state index in [-0.39, 0.29) is 21.5 Å². The maximum Gasteiger partial charge on any atom is 0.279 e. The Hall–Kier alpha value is -5.32. The van der Waals surface area contributed by atoms with Crippen LogP contribution in [0.2, 0.25) is 10.0 Å². The van der Waals surface area contributed by atoms with Gasteiger partial charge in [0.15, 0.2) is 23.0 Å². The smallest absolute Gasteiger partial charge is 0.279 e. The fraction of sp³-hybridized carbons (Fsp3) is 0.167. The summed E-state index contributed by atoms with van der Waals surface area (Å²) in [5.74, 6) is -2.36. The van der Waals surface area contributed by atoms with Crippen LogP contribution < -0.4 is 21.5 Å². The SMILES string of the molecule is CC(=O)C(=NNc1ccc(-c2ccc(NN=C(C(C)=O)C(=O)Nc3ccc(C)cc3C)c(Cl)c2)cc1Cl)C(=O)Nc1ccc(C)cc1C. The van der Waals surface area contributed by atoms with Crippen molar-refractivity contribution in [2.45, 2.75) is 41.5 Å². The van der Waals surface area contributed by atoms with Crippen molar-refractivity contribution in [2.75, 3.05) is 21.5 Å². The third kappa shape index (κ3) is 8.93. The van der Waals surface area contributed by atoms with Crippen LogP contribution in [0.1, 0.15) is 36.1 Å². The van der Waals surface area contributed by atoms with Gasteiger partial charge in [0, 0.05) is 25.2 Å². The second-order valence-corrected chi connectivity index (χ2v) is 12.0. The molecule has 0 aromatic heterocycles. The summed E-state index contributed by atoms with van der Waals surface area (Å²) < 4.78 is 0. The molecule has 0 radical (unpaired) electrons. The molecule has 0 heterocycles. The molecule has 0 aliphatic rings. The summed E-state index contributed by atoms with van der Waals surface area (Å²) in [7, 11) is 0. The van der Waals surface area contributed by atoms with E-state index in [2.05, 4.69) is 31.7 Å². The lowest BCUT2D eigenvalue weighted by Gasteiger charge is -2.12. The van der Waals surface area contributed by atoms with Crippen LogP contribution in [-0.2, 0) is 19.2 Å². The molecule has 0 saturated heterocycles. The lowest BCUT2D eigenvalue weighted by Crippen LogP contribution is -2.29. The average Bonchev–Trinajstić information content (AvgIpc) is 3.01. The van der Waals surface area contributed by atoms with Crippen molar-refractivity contribution < 1.29 is 19.2 Å². The molecule has 4 rings (SSSR count). The number of halogens is 2. The minimum Gasteiger partial charge on any atom is -0.320 e. The van der Waals surface area contributed by atoms with Crippen molar-refractivity contribution in [2.24, 2.45) is 10.2 Å². The minimum atomic E-state index is -0.653. The van der Waals surface area contributed by atoms with Gasteiger partial charge >= 0.3 is 0 Å². The van der Waals surface area contributed by atoms with E-state index in [9.17, 15) is 19.2 Å². The van der Waals surface area contributed by atoms with Crippen molar-refractivity contribution in [3.63, 3.8) is 0 Å². The molecule has 48 heavy (non-hydrogen) atoms. The zero-order chi connectivity index (χ0) is 35.1. The van der Waals surface area contributed by atoms with E-state index in [0.717, 1.165) is 22.3 Å². The number of aryl methyl sites for hydroxylation is 4. The molecule has 12 heteroatoms. The Morgan fingerprint density at radius 2 is 0.875 bits per heavy atom. The van der Waals surface area contributed by atoms with Crippen molar-refractivity contribution in [1.29, 1.82) is 0 Å². The number of rotatable bonds is 11. The van der Waals surface area contributed by atoms with Crippen LogP contribution in [-0.4, -0.2) is 34.8 Å². The summed E-state index contributed by atoms with van der Waals surface area (Å²) in [5.41, 5.74) is 11.9. The number of nitrogens with zero attached hydrogens (tertiary/aromatic N) is 2. The largest absolute Gasteiger partial charge is 0.320 e. The lowest BCUT2D eigenvalue weighted by atomic mass is 10.0. The molecule has 0 spiro atoms. The molecule has 0 aliphatic heterocycles. The van der Waals surface area contributed by atoms with Crippen LogP contribution in [0.3, 0.4) is 0 Å². The third-order valence-corrected chi connectivity index (χ3v) is 7.83. The number of amides is 2. The molecule has 0 aliphatic carbocycles. The van der Waals surface area contributed by atoms with Gasteiger partial charge < -0.3 is 10.6 Å². The van der Waals surface area contributed by atoms with Crippen LogP contribution in [0.25, 0.3) is 11.1 Å². The summed E-state index contributed by atoms with van der Waals surface area (Å²) in [6, 6.07) is 21.3. The van der Waals surface area contributed by atoms with E-state index >= 15 is 0 Å². The van der Waals surface area contributed by atoms with Gasteiger partial charge in [-0.05, 0) is 86.3 Å². The van der Waals surface area contributed by atoms with E-state index in [4.69, 9.17) is 23.2 Å². The average molecular weight is 686 g/mol.